The average Bonchev–Trinajstić information content (AvgIpc) is 3.36. The van der Waals surface area contributed by atoms with E-state index in [0.717, 1.165) is 12.8 Å². The Balaban J connectivity index is 1.55. The van der Waals surface area contributed by atoms with E-state index >= 15 is 0 Å². The molecule has 0 radical (unpaired) electrons. The zero-order valence-corrected chi connectivity index (χ0v) is 21.2. The maximum atomic E-state index is 12.4. The molecule has 186 valence electrons. The molecule has 0 saturated carbocycles. The zero-order chi connectivity index (χ0) is 24.3. The average molecular weight is 588 g/mol. The third-order valence-corrected chi connectivity index (χ3v) is 5.94. The quantitative estimate of drug-likeness (QED) is 0.188. The largest absolute Gasteiger partial charge is 0.490 e. The molecule has 11 nitrogen and oxygen atoms in total. The van der Waals surface area contributed by atoms with Gasteiger partial charge in [0, 0.05) is 26.2 Å². The van der Waals surface area contributed by atoms with E-state index in [9.17, 15) is 14.4 Å². The summed E-state index contributed by atoms with van der Waals surface area (Å²) in [6, 6.07) is 3.46. The van der Waals surface area contributed by atoms with Gasteiger partial charge in [-0.15, -0.1) is 0 Å². The van der Waals surface area contributed by atoms with E-state index in [1.807, 2.05) is 6.92 Å². The molecule has 3 rings (SSSR count). The molecule has 2 N–H and O–H groups in total. The number of carbonyl (C=O) groups excluding carboxylic acids is 3. The van der Waals surface area contributed by atoms with E-state index in [2.05, 4.69) is 38.4 Å². The monoisotopic (exact) mass is 588 g/mol. The van der Waals surface area contributed by atoms with Gasteiger partial charge < -0.3 is 29.2 Å². The Bertz CT molecular complexity index is 899. The number of halogens is 1. The Kier molecular flexibility index (Phi) is 10.3. The van der Waals surface area contributed by atoms with Crippen molar-refractivity contribution < 1.29 is 33.3 Å². The number of hydrogen-bond acceptors (Lipinski definition) is 8. The van der Waals surface area contributed by atoms with Crippen LogP contribution in [-0.4, -0.2) is 87.6 Å². The number of nitrogens with zero attached hydrogens (tertiary/aromatic N) is 2. The second kappa shape index (κ2) is 13.4. The van der Waals surface area contributed by atoms with Crippen LogP contribution in [0.3, 0.4) is 0 Å². The minimum Gasteiger partial charge on any atom is -0.490 e. The van der Waals surface area contributed by atoms with Crippen molar-refractivity contribution in [3.05, 3.63) is 21.3 Å². The Labute approximate surface area is 211 Å². The van der Waals surface area contributed by atoms with Crippen LogP contribution in [0.15, 0.2) is 17.2 Å². The Hall–Kier alpha value is -2.45. The summed E-state index contributed by atoms with van der Waals surface area (Å²) in [4.78, 5) is 37.9. The molecule has 34 heavy (non-hydrogen) atoms. The molecular weight excluding hydrogens is 559 g/mol. The van der Waals surface area contributed by atoms with Gasteiger partial charge in [-0.25, -0.2) is 5.43 Å². The van der Waals surface area contributed by atoms with E-state index in [0.29, 0.717) is 66.7 Å². The fourth-order valence-electron chi connectivity index (χ4n) is 3.41. The first-order valence-electron chi connectivity index (χ1n) is 11.2. The molecule has 0 aromatic heterocycles. The lowest BCUT2D eigenvalue weighted by molar-refractivity contribution is -0.139. The van der Waals surface area contributed by atoms with E-state index in [1.54, 1.807) is 17.0 Å². The van der Waals surface area contributed by atoms with Crippen molar-refractivity contribution in [3.63, 3.8) is 0 Å². The molecule has 2 heterocycles. The number of nitrogens with one attached hydrogen (secondary N) is 2. The Morgan fingerprint density at radius 2 is 2.00 bits per heavy atom. The number of benzene rings is 1. The van der Waals surface area contributed by atoms with Crippen LogP contribution in [0.4, 0.5) is 0 Å². The summed E-state index contributed by atoms with van der Waals surface area (Å²) in [5, 5.41) is 6.40. The summed E-state index contributed by atoms with van der Waals surface area (Å²) in [6.45, 7) is 5.23. The highest BCUT2D eigenvalue weighted by molar-refractivity contribution is 14.1. The molecule has 2 aliphatic heterocycles. The van der Waals surface area contributed by atoms with Crippen LogP contribution in [0.5, 0.6) is 11.5 Å². The van der Waals surface area contributed by atoms with Gasteiger partial charge in [-0.2, -0.15) is 5.10 Å². The molecule has 3 amide bonds. The van der Waals surface area contributed by atoms with Crippen molar-refractivity contribution >= 4 is 46.5 Å². The molecule has 0 aliphatic carbocycles. The molecule has 1 aromatic carbocycles. The van der Waals surface area contributed by atoms with Gasteiger partial charge in [-0.1, -0.05) is 0 Å². The van der Waals surface area contributed by atoms with Gasteiger partial charge in [0.25, 0.3) is 5.91 Å². The molecule has 0 unspecified atom stereocenters. The summed E-state index contributed by atoms with van der Waals surface area (Å²) in [5.41, 5.74) is 2.84. The third-order valence-electron chi connectivity index (χ3n) is 5.14. The maximum absolute atomic E-state index is 12.4. The maximum Gasteiger partial charge on any atom is 0.329 e. The summed E-state index contributed by atoms with van der Waals surface area (Å²) >= 11 is 2.08. The van der Waals surface area contributed by atoms with Gasteiger partial charge in [0.2, 0.25) is 0 Å². The second-order valence-corrected chi connectivity index (χ2v) is 8.75. The van der Waals surface area contributed by atoms with Crippen LogP contribution in [0.2, 0.25) is 0 Å². The summed E-state index contributed by atoms with van der Waals surface area (Å²) < 4.78 is 22.9. The summed E-state index contributed by atoms with van der Waals surface area (Å²) in [6.07, 6.45) is 3.16. The van der Waals surface area contributed by atoms with Crippen molar-refractivity contribution in [2.75, 3.05) is 52.7 Å². The number of hydrazone groups is 1. The van der Waals surface area contributed by atoms with Crippen LogP contribution in [-0.2, 0) is 23.9 Å². The van der Waals surface area contributed by atoms with Crippen LogP contribution >= 0.6 is 22.6 Å². The second-order valence-electron chi connectivity index (χ2n) is 7.59. The number of ether oxygens (including phenoxy) is 4. The molecule has 2 fully saturated rings. The van der Waals surface area contributed by atoms with Crippen LogP contribution < -0.4 is 20.2 Å². The highest BCUT2D eigenvalue weighted by atomic mass is 127. The van der Waals surface area contributed by atoms with Crippen molar-refractivity contribution in [3.8, 4) is 11.5 Å². The third kappa shape index (κ3) is 7.81. The number of hydrogen-bond donors (Lipinski definition) is 2. The fourth-order valence-corrected chi connectivity index (χ4v) is 4.19. The van der Waals surface area contributed by atoms with Gasteiger partial charge >= 0.3 is 11.8 Å². The highest BCUT2D eigenvalue weighted by Crippen LogP contribution is 2.34. The van der Waals surface area contributed by atoms with Gasteiger partial charge in [0.05, 0.1) is 35.7 Å². The van der Waals surface area contributed by atoms with Crippen molar-refractivity contribution in [2.24, 2.45) is 5.10 Å². The first-order chi connectivity index (χ1) is 16.5. The van der Waals surface area contributed by atoms with Crippen molar-refractivity contribution in [1.82, 2.24) is 15.6 Å². The molecule has 12 heteroatoms. The number of carbonyl (C=O) groups is 3. The molecule has 1 aromatic rings. The number of amides is 3. The minimum atomic E-state index is -0.865. The van der Waals surface area contributed by atoms with Gasteiger partial charge in [0.15, 0.2) is 18.1 Å². The van der Waals surface area contributed by atoms with Gasteiger partial charge in [-0.3, -0.25) is 14.4 Å². The number of rotatable bonds is 9. The molecule has 1 atom stereocenters. The Morgan fingerprint density at radius 1 is 1.21 bits per heavy atom. The Morgan fingerprint density at radius 3 is 2.71 bits per heavy atom. The van der Waals surface area contributed by atoms with Crippen LogP contribution in [0, 0.1) is 3.57 Å². The smallest absolute Gasteiger partial charge is 0.329 e. The van der Waals surface area contributed by atoms with Gasteiger partial charge in [-0.05, 0) is 60.1 Å². The minimum absolute atomic E-state index is 0.0517. The van der Waals surface area contributed by atoms with E-state index < -0.39 is 11.8 Å². The van der Waals surface area contributed by atoms with Crippen LogP contribution in [0.1, 0.15) is 25.3 Å². The first kappa shape index (κ1) is 26.2. The van der Waals surface area contributed by atoms with E-state index in [4.69, 9.17) is 18.9 Å². The molecule has 2 aliphatic rings. The predicted molar refractivity (Wildman–Crippen MR) is 131 cm³/mol. The van der Waals surface area contributed by atoms with Gasteiger partial charge in [0.1, 0.15) is 0 Å². The van der Waals surface area contributed by atoms with Crippen LogP contribution in [0.25, 0.3) is 0 Å². The summed E-state index contributed by atoms with van der Waals surface area (Å²) in [7, 11) is 0. The zero-order valence-electron chi connectivity index (χ0n) is 19.0. The van der Waals surface area contributed by atoms with Crippen molar-refractivity contribution in [1.29, 1.82) is 0 Å². The molecule has 2 saturated heterocycles. The topological polar surface area (TPSA) is 128 Å². The van der Waals surface area contributed by atoms with E-state index in [1.165, 1.54) is 6.21 Å². The fraction of sp³-hybridized carbons (Fsp3) is 0.545. The lowest BCUT2D eigenvalue weighted by Gasteiger charge is -2.27. The lowest BCUT2D eigenvalue weighted by Crippen LogP contribution is -2.43. The molecule has 0 bridgehead atoms. The lowest BCUT2D eigenvalue weighted by atomic mass is 10.2. The number of morpholine rings is 1. The highest BCUT2D eigenvalue weighted by Gasteiger charge is 2.20. The first-order valence-corrected chi connectivity index (χ1v) is 12.2. The molecule has 0 spiro atoms. The summed E-state index contributed by atoms with van der Waals surface area (Å²) in [5.74, 6) is -0.848. The SMILES string of the molecule is CCOc1cc(/C=N\NC(=O)C(=O)NC[C@@H]2CCCO2)cc(I)c1OCC(=O)N1CCOCC1. The predicted octanol–water partition coefficient (Wildman–Crippen LogP) is 0.673. The normalized spacial score (nSPS) is 18.1. The molecular formula is C22H29IN4O7. The van der Waals surface area contributed by atoms with Crippen molar-refractivity contribution in [2.45, 2.75) is 25.9 Å². The van der Waals surface area contributed by atoms with E-state index in [-0.39, 0.29) is 18.6 Å². The standard InChI is InChI=1S/C22H29IN4O7/c1-2-32-18-11-15(12-25-26-22(30)21(29)24-13-16-4-3-7-33-16)10-17(23)20(18)34-14-19(28)27-5-8-31-9-6-27/h10-12,16H,2-9,13-14H2,1H3,(H,24,29)(H,26,30)/b25-12-/t16-/m0/s1.